The van der Waals surface area contributed by atoms with Crippen LogP contribution >= 0.6 is 11.8 Å². The molecule has 0 aliphatic carbocycles. The lowest BCUT2D eigenvalue weighted by molar-refractivity contribution is 0.0563. The second-order valence-electron chi connectivity index (χ2n) is 4.64. The predicted molar refractivity (Wildman–Crippen MR) is 76.5 cm³/mol. The van der Waals surface area contributed by atoms with Crippen LogP contribution < -0.4 is 10.5 Å². The van der Waals surface area contributed by atoms with Gasteiger partial charge in [0.1, 0.15) is 5.75 Å². The van der Waals surface area contributed by atoms with Gasteiger partial charge in [0.05, 0.1) is 25.9 Å². The second kappa shape index (κ2) is 5.95. The van der Waals surface area contributed by atoms with Crippen LogP contribution in [0.2, 0.25) is 0 Å². The number of hydrogen-bond donors (Lipinski definition) is 1. The first-order chi connectivity index (χ1) is 8.65. The molecule has 2 unspecified atom stereocenters. The van der Waals surface area contributed by atoms with Crippen molar-refractivity contribution >= 4 is 11.8 Å². The number of benzene rings is 1. The number of thioether (sulfide) groups is 1. The van der Waals surface area contributed by atoms with Crippen LogP contribution in [0.3, 0.4) is 0 Å². The van der Waals surface area contributed by atoms with E-state index in [1.165, 1.54) is 5.56 Å². The molecule has 0 bridgehead atoms. The number of ether oxygens (including phenoxy) is 2. The average molecular weight is 267 g/mol. The maximum absolute atomic E-state index is 6.35. The van der Waals surface area contributed by atoms with Gasteiger partial charge in [0.15, 0.2) is 0 Å². The minimum atomic E-state index is -0.118. The third-order valence-corrected chi connectivity index (χ3v) is 4.53. The summed E-state index contributed by atoms with van der Waals surface area (Å²) >= 11 is 1.90. The largest absolute Gasteiger partial charge is 0.496 e. The summed E-state index contributed by atoms with van der Waals surface area (Å²) in [6, 6.07) is 4.05. The van der Waals surface area contributed by atoms with Crippen molar-refractivity contribution in [2.75, 3.05) is 25.2 Å². The Morgan fingerprint density at radius 2 is 2.22 bits per heavy atom. The Hall–Kier alpha value is -0.710. The first kappa shape index (κ1) is 13.7. The number of hydrogen-bond acceptors (Lipinski definition) is 4. The molecule has 1 fully saturated rings. The first-order valence-electron chi connectivity index (χ1n) is 6.24. The molecule has 3 nitrogen and oxygen atoms in total. The van der Waals surface area contributed by atoms with Gasteiger partial charge in [-0.1, -0.05) is 12.1 Å². The van der Waals surface area contributed by atoms with Crippen molar-refractivity contribution in [3.63, 3.8) is 0 Å². The number of aryl methyl sites for hydroxylation is 1. The van der Waals surface area contributed by atoms with E-state index >= 15 is 0 Å². The van der Waals surface area contributed by atoms with Crippen LogP contribution in [-0.2, 0) is 4.74 Å². The normalized spacial score (nSPS) is 21.7. The molecule has 1 aromatic rings. The van der Waals surface area contributed by atoms with E-state index in [9.17, 15) is 0 Å². The van der Waals surface area contributed by atoms with Crippen molar-refractivity contribution in [3.8, 4) is 5.75 Å². The Morgan fingerprint density at radius 3 is 2.83 bits per heavy atom. The van der Waals surface area contributed by atoms with Crippen LogP contribution in [0.5, 0.6) is 5.75 Å². The fourth-order valence-corrected chi connectivity index (χ4v) is 3.17. The van der Waals surface area contributed by atoms with Gasteiger partial charge in [0, 0.05) is 17.1 Å². The summed E-state index contributed by atoms with van der Waals surface area (Å²) in [6.45, 7) is 4.94. The molecular formula is C14H21NO2S. The molecule has 1 saturated heterocycles. The summed E-state index contributed by atoms with van der Waals surface area (Å²) in [5.41, 5.74) is 9.78. The predicted octanol–water partition coefficient (Wildman–Crippen LogP) is 2.44. The van der Waals surface area contributed by atoms with Gasteiger partial charge in [-0.2, -0.15) is 11.8 Å². The van der Waals surface area contributed by atoms with Gasteiger partial charge in [-0.3, -0.25) is 0 Å². The van der Waals surface area contributed by atoms with Crippen molar-refractivity contribution in [1.82, 2.24) is 0 Å². The Labute approximate surface area is 113 Å². The van der Waals surface area contributed by atoms with Crippen molar-refractivity contribution in [3.05, 3.63) is 28.8 Å². The summed E-state index contributed by atoms with van der Waals surface area (Å²) in [7, 11) is 1.70. The Bertz CT molecular complexity index is 417. The highest BCUT2D eigenvalue weighted by atomic mass is 32.2. The van der Waals surface area contributed by atoms with Crippen LogP contribution in [-0.4, -0.2) is 31.3 Å². The van der Waals surface area contributed by atoms with Crippen molar-refractivity contribution in [2.24, 2.45) is 5.73 Å². The molecule has 0 spiro atoms. The topological polar surface area (TPSA) is 44.5 Å². The van der Waals surface area contributed by atoms with Gasteiger partial charge in [-0.15, -0.1) is 0 Å². The zero-order valence-electron chi connectivity index (χ0n) is 11.2. The minimum Gasteiger partial charge on any atom is -0.496 e. The Balaban J connectivity index is 2.28. The smallest absolute Gasteiger partial charge is 0.126 e. The van der Waals surface area contributed by atoms with Crippen molar-refractivity contribution in [1.29, 1.82) is 0 Å². The highest BCUT2D eigenvalue weighted by Crippen LogP contribution is 2.33. The molecule has 0 saturated carbocycles. The number of rotatable bonds is 3. The van der Waals surface area contributed by atoms with E-state index < -0.39 is 0 Å². The molecule has 1 aliphatic heterocycles. The van der Waals surface area contributed by atoms with Gasteiger partial charge in [0.25, 0.3) is 0 Å². The van der Waals surface area contributed by atoms with E-state index in [1.54, 1.807) is 7.11 Å². The summed E-state index contributed by atoms with van der Waals surface area (Å²) in [4.78, 5) is 0. The lowest BCUT2D eigenvalue weighted by Gasteiger charge is -2.29. The van der Waals surface area contributed by atoms with Gasteiger partial charge in [-0.05, 0) is 25.0 Å². The molecule has 2 atom stereocenters. The molecule has 1 heterocycles. The third kappa shape index (κ3) is 2.66. The first-order valence-corrected chi connectivity index (χ1v) is 7.39. The Kier molecular flexibility index (Phi) is 4.54. The highest BCUT2D eigenvalue weighted by Gasteiger charge is 2.26. The zero-order chi connectivity index (χ0) is 13.1. The number of nitrogens with two attached hydrogens (primary N) is 1. The second-order valence-corrected chi connectivity index (χ2v) is 5.79. The lowest BCUT2D eigenvalue weighted by Crippen LogP contribution is -2.34. The van der Waals surface area contributed by atoms with Gasteiger partial charge < -0.3 is 15.2 Å². The maximum Gasteiger partial charge on any atom is 0.126 e. The molecule has 1 aliphatic rings. The van der Waals surface area contributed by atoms with E-state index in [4.69, 9.17) is 15.2 Å². The SMILES string of the molecule is COc1c(C(N)C2CSCCO2)ccc(C)c1C. The molecule has 4 heteroatoms. The molecule has 0 amide bonds. The standard InChI is InChI=1S/C14H21NO2S/c1-9-4-5-11(14(16-3)10(9)2)13(15)12-8-18-7-6-17-12/h4-5,12-13H,6-8,15H2,1-3H3. The van der Waals surface area contributed by atoms with Gasteiger partial charge >= 0.3 is 0 Å². The average Bonchev–Trinajstić information content (AvgIpc) is 2.42. The summed E-state index contributed by atoms with van der Waals surface area (Å²) in [5, 5.41) is 0. The summed E-state index contributed by atoms with van der Waals surface area (Å²) in [5.74, 6) is 2.92. The molecule has 0 radical (unpaired) electrons. The summed E-state index contributed by atoms with van der Waals surface area (Å²) < 4.78 is 11.3. The van der Waals surface area contributed by atoms with E-state index in [1.807, 2.05) is 11.8 Å². The quantitative estimate of drug-likeness (QED) is 0.913. The molecule has 18 heavy (non-hydrogen) atoms. The fourth-order valence-electron chi connectivity index (χ4n) is 2.26. The van der Waals surface area contributed by atoms with Gasteiger partial charge in [0.2, 0.25) is 0 Å². The zero-order valence-corrected chi connectivity index (χ0v) is 12.0. The molecule has 2 N–H and O–H groups in total. The minimum absolute atomic E-state index is 0.0831. The van der Waals surface area contributed by atoms with Crippen LogP contribution in [0.4, 0.5) is 0 Å². The van der Waals surface area contributed by atoms with Crippen LogP contribution in [0, 0.1) is 13.8 Å². The molecule has 0 aromatic heterocycles. The van der Waals surface area contributed by atoms with Crippen molar-refractivity contribution < 1.29 is 9.47 Å². The van der Waals surface area contributed by atoms with Crippen molar-refractivity contribution in [2.45, 2.75) is 26.0 Å². The van der Waals surface area contributed by atoms with Crippen LogP contribution in [0.1, 0.15) is 22.7 Å². The lowest BCUT2D eigenvalue weighted by atomic mass is 9.97. The molecule has 1 aromatic carbocycles. The molecular weight excluding hydrogens is 246 g/mol. The monoisotopic (exact) mass is 267 g/mol. The van der Waals surface area contributed by atoms with E-state index in [-0.39, 0.29) is 12.1 Å². The highest BCUT2D eigenvalue weighted by molar-refractivity contribution is 7.99. The number of methoxy groups -OCH3 is 1. The Morgan fingerprint density at radius 1 is 1.44 bits per heavy atom. The molecule has 2 rings (SSSR count). The van der Waals surface area contributed by atoms with Crippen LogP contribution in [0.25, 0.3) is 0 Å². The maximum atomic E-state index is 6.35. The van der Waals surface area contributed by atoms with E-state index in [0.717, 1.165) is 35.0 Å². The van der Waals surface area contributed by atoms with Gasteiger partial charge in [-0.25, -0.2) is 0 Å². The van der Waals surface area contributed by atoms with E-state index in [0.29, 0.717) is 0 Å². The fraction of sp³-hybridized carbons (Fsp3) is 0.571. The van der Waals surface area contributed by atoms with E-state index in [2.05, 4.69) is 26.0 Å². The third-order valence-electron chi connectivity index (χ3n) is 3.51. The summed E-state index contributed by atoms with van der Waals surface area (Å²) in [6.07, 6.45) is 0.0831. The molecule has 100 valence electrons. The van der Waals surface area contributed by atoms with Crippen LogP contribution in [0.15, 0.2) is 12.1 Å².